The lowest BCUT2D eigenvalue weighted by Crippen LogP contribution is -2.33. The fourth-order valence-corrected chi connectivity index (χ4v) is 3.55. The quantitative estimate of drug-likeness (QED) is 0.494. The molecule has 1 atom stereocenters. The molecule has 0 radical (unpaired) electrons. The third-order valence-electron chi connectivity index (χ3n) is 4.68. The first-order valence-electron chi connectivity index (χ1n) is 7.83. The maximum Gasteiger partial charge on any atom is 0.0488 e. The van der Waals surface area contributed by atoms with Gasteiger partial charge in [0, 0.05) is 6.04 Å². The molecular formula is C18H24N2. The Morgan fingerprint density at radius 3 is 2.30 bits per heavy atom. The molecule has 0 aliphatic heterocycles. The molecule has 0 amide bonds. The van der Waals surface area contributed by atoms with Gasteiger partial charge in [-0.25, -0.2) is 0 Å². The van der Waals surface area contributed by atoms with E-state index in [0.29, 0.717) is 5.92 Å². The number of nitrogens with two attached hydrogens (primary N) is 1. The van der Waals surface area contributed by atoms with Gasteiger partial charge in [0.05, 0.1) is 0 Å². The average molecular weight is 268 g/mol. The first-order valence-corrected chi connectivity index (χ1v) is 7.83. The molecule has 0 heterocycles. The first-order chi connectivity index (χ1) is 9.88. The van der Waals surface area contributed by atoms with Crippen molar-refractivity contribution >= 4 is 10.8 Å². The molecule has 2 nitrogen and oxygen atoms in total. The van der Waals surface area contributed by atoms with Crippen LogP contribution in [0.25, 0.3) is 10.8 Å². The Morgan fingerprint density at radius 2 is 1.60 bits per heavy atom. The van der Waals surface area contributed by atoms with E-state index in [9.17, 15) is 0 Å². The van der Waals surface area contributed by atoms with Crippen LogP contribution in [0.15, 0.2) is 42.5 Å². The Labute approximate surface area is 121 Å². The van der Waals surface area contributed by atoms with Crippen molar-refractivity contribution in [1.82, 2.24) is 5.43 Å². The van der Waals surface area contributed by atoms with E-state index in [0.717, 1.165) is 0 Å². The highest BCUT2D eigenvalue weighted by molar-refractivity contribution is 5.83. The largest absolute Gasteiger partial charge is 0.271 e. The summed E-state index contributed by atoms with van der Waals surface area (Å²) in [6.07, 6.45) is 8.03. The molecule has 1 fully saturated rings. The summed E-state index contributed by atoms with van der Waals surface area (Å²) in [4.78, 5) is 0. The van der Waals surface area contributed by atoms with Crippen LogP contribution in [0.1, 0.15) is 50.1 Å². The van der Waals surface area contributed by atoms with Crippen molar-refractivity contribution in [2.24, 2.45) is 11.8 Å². The standard InChI is InChI=1S/C18H24N2/c19-20-18(15-8-3-1-2-4-9-15)17-12-11-14-7-5-6-10-16(14)13-17/h5-7,10-13,15,18,20H,1-4,8-9,19H2. The highest BCUT2D eigenvalue weighted by Crippen LogP contribution is 2.34. The zero-order valence-corrected chi connectivity index (χ0v) is 12.0. The zero-order chi connectivity index (χ0) is 13.8. The maximum absolute atomic E-state index is 5.88. The molecule has 0 bridgehead atoms. The summed E-state index contributed by atoms with van der Waals surface area (Å²) in [7, 11) is 0. The second-order valence-electron chi connectivity index (χ2n) is 6.00. The molecule has 2 heteroatoms. The number of nitrogens with one attached hydrogen (secondary N) is 1. The van der Waals surface area contributed by atoms with E-state index in [4.69, 9.17) is 5.84 Å². The van der Waals surface area contributed by atoms with Gasteiger partial charge in [-0.15, -0.1) is 0 Å². The number of rotatable bonds is 3. The van der Waals surface area contributed by atoms with Crippen LogP contribution >= 0.6 is 0 Å². The summed E-state index contributed by atoms with van der Waals surface area (Å²) in [5, 5.41) is 2.60. The highest BCUT2D eigenvalue weighted by atomic mass is 15.2. The van der Waals surface area contributed by atoms with Crippen molar-refractivity contribution in [2.75, 3.05) is 0 Å². The minimum atomic E-state index is 0.290. The molecular weight excluding hydrogens is 244 g/mol. The van der Waals surface area contributed by atoms with Gasteiger partial charge in [0.2, 0.25) is 0 Å². The van der Waals surface area contributed by atoms with Crippen LogP contribution in [0.2, 0.25) is 0 Å². The van der Waals surface area contributed by atoms with Gasteiger partial charge >= 0.3 is 0 Å². The van der Waals surface area contributed by atoms with Gasteiger partial charge in [0.1, 0.15) is 0 Å². The molecule has 106 valence electrons. The van der Waals surface area contributed by atoms with Gasteiger partial charge < -0.3 is 0 Å². The topological polar surface area (TPSA) is 38.0 Å². The lowest BCUT2D eigenvalue weighted by Gasteiger charge is -2.26. The van der Waals surface area contributed by atoms with Gasteiger partial charge in [-0.2, -0.15) is 0 Å². The Bertz CT molecular complexity index is 556. The van der Waals surface area contributed by atoms with Crippen LogP contribution in [-0.2, 0) is 0 Å². The molecule has 1 saturated carbocycles. The summed E-state index contributed by atoms with van der Waals surface area (Å²) in [5.74, 6) is 6.55. The third-order valence-corrected chi connectivity index (χ3v) is 4.68. The third kappa shape index (κ3) is 2.87. The van der Waals surface area contributed by atoms with Crippen molar-refractivity contribution in [3.05, 3.63) is 48.0 Å². The molecule has 2 aromatic rings. The van der Waals surface area contributed by atoms with Crippen molar-refractivity contribution in [3.63, 3.8) is 0 Å². The molecule has 0 saturated heterocycles. The van der Waals surface area contributed by atoms with Crippen LogP contribution in [0.5, 0.6) is 0 Å². The van der Waals surface area contributed by atoms with Crippen molar-refractivity contribution in [2.45, 2.75) is 44.6 Å². The average Bonchev–Trinajstić information content (AvgIpc) is 2.77. The minimum Gasteiger partial charge on any atom is -0.271 e. The lowest BCUT2D eigenvalue weighted by atomic mass is 9.87. The maximum atomic E-state index is 5.88. The van der Waals surface area contributed by atoms with E-state index in [-0.39, 0.29) is 6.04 Å². The van der Waals surface area contributed by atoms with Gasteiger partial charge in [0.25, 0.3) is 0 Å². The van der Waals surface area contributed by atoms with Crippen LogP contribution in [0.3, 0.4) is 0 Å². The molecule has 1 aliphatic rings. The second-order valence-corrected chi connectivity index (χ2v) is 6.00. The number of hydrogen-bond donors (Lipinski definition) is 2. The van der Waals surface area contributed by atoms with E-state index >= 15 is 0 Å². The Morgan fingerprint density at radius 1 is 0.900 bits per heavy atom. The van der Waals surface area contributed by atoms with Crippen LogP contribution in [-0.4, -0.2) is 0 Å². The van der Waals surface area contributed by atoms with E-state index in [1.165, 1.54) is 54.9 Å². The molecule has 3 N–H and O–H groups in total. The molecule has 3 rings (SSSR count). The summed E-state index contributed by atoms with van der Waals surface area (Å²) in [6.45, 7) is 0. The van der Waals surface area contributed by atoms with Gasteiger partial charge in [0.15, 0.2) is 0 Å². The summed E-state index contributed by atoms with van der Waals surface area (Å²) < 4.78 is 0. The summed E-state index contributed by atoms with van der Waals surface area (Å²) in [6, 6.07) is 15.6. The highest BCUT2D eigenvalue weighted by Gasteiger charge is 2.23. The molecule has 20 heavy (non-hydrogen) atoms. The number of benzene rings is 2. The van der Waals surface area contributed by atoms with E-state index < -0.39 is 0 Å². The van der Waals surface area contributed by atoms with Crippen LogP contribution in [0, 0.1) is 5.92 Å². The van der Waals surface area contributed by atoms with Gasteiger partial charge in [-0.3, -0.25) is 11.3 Å². The molecule has 0 spiro atoms. The van der Waals surface area contributed by atoms with E-state index in [2.05, 4.69) is 47.9 Å². The Hall–Kier alpha value is -1.38. The molecule has 0 aromatic heterocycles. The predicted octanol–water partition coefficient (Wildman–Crippen LogP) is 4.31. The second kappa shape index (κ2) is 6.38. The monoisotopic (exact) mass is 268 g/mol. The number of hydrogen-bond acceptors (Lipinski definition) is 2. The SMILES string of the molecule is NNC(c1ccc2ccccc2c1)C1CCCCCC1. The summed E-state index contributed by atoms with van der Waals surface area (Å²) in [5.41, 5.74) is 4.41. The number of fused-ring (bicyclic) bond motifs is 1. The fraction of sp³-hybridized carbons (Fsp3) is 0.444. The molecule has 2 aromatic carbocycles. The molecule has 1 unspecified atom stereocenters. The normalized spacial score (nSPS) is 18.9. The van der Waals surface area contributed by atoms with Crippen molar-refractivity contribution in [3.8, 4) is 0 Å². The molecule has 1 aliphatic carbocycles. The van der Waals surface area contributed by atoms with E-state index in [1.807, 2.05) is 0 Å². The first kappa shape index (κ1) is 13.6. The van der Waals surface area contributed by atoms with Crippen LogP contribution < -0.4 is 11.3 Å². The van der Waals surface area contributed by atoms with Crippen molar-refractivity contribution < 1.29 is 0 Å². The van der Waals surface area contributed by atoms with Gasteiger partial charge in [-0.1, -0.05) is 62.1 Å². The van der Waals surface area contributed by atoms with Crippen LogP contribution in [0.4, 0.5) is 0 Å². The minimum absolute atomic E-state index is 0.290. The Balaban J connectivity index is 1.89. The smallest absolute Gasteiger partial charge is 0.0488 e. The Kier molecular flexibility index (Phi) is 4.34. The fourth-order valence-electron chi connectivity index (χ4n) is 3.55. The summed E-state index contributed by atoms with van der Waals surface area (Å²) >= 11 is 0. The van der Waals surface area contributed by atoms with Gasteiger partial charge in [-0.05, 0) is 41.2 Å². The zero-order valence-electron chi connectivity index (χ0n) is 12.0. The predicted molar refractivity (Wildman–Crippen MR) is 85.2 cm³/mol. The van der Waals surface area contributed by atoms with Crippen molar-refractivity contribution in [1.29, 1.82) is 0 Å². The lowest BCUT2D eigenvalue weighted by molar-refractivity contribution is 0.329. The number of hydrazine groups is 1. The van der Waals surface area contributed by atoms with E-state index in [1.54, 1.807) is 0 Å².